The second kappa shape index (κ2) is 8.81. The molecule has 176 valence electrons. The summed E-state index contributed by atoms with van der Waals surface area (Å²) in [5.41, 5.74) is 1.43. The van der Waals surface area contributed by atoms with Crippen LogP contribution in [0.2, 0.25) is 0 Å². The molecule has 0 unspecified atom stereocenters. The molecule has 1 aromatic heterocycles. The third kappa shape index (κ3) is 5.12. The Labute approximate surface area is 198 Å². The van der Waals surface area contributed by atoms with Crippen molar-refractivity contribution in [3.63, 3.8) is 0 Å². The van der Waals surface area contributed by atoms with Crippen molar-refractivity contribution in [1.29, 1.82) is 0 Å². The highest BCUT2D eigenvalue weighted by molar-refractivity contribution is 7.91. The molecular formula is C23H27N3O4S3. The molecule has 1 aliphatic carbocycles. The zero-order valence-electron chi connectivity index (χ0n) is 18.9. The van der Waals surface area contributed by atoms with Gasteiger partial charge in [-0.15, -0.1) is 0 Å². The minimum Gasteiger partial charge on any atom is -0.246 e. The van der Waals surface area contributed by atoms with Gasteiger partial charge in [-0.1, -0.05) is 54.9 Å². The van der Waals surface area contributed by atoms with E-state index in [4.69, 9.17) is 4.99 Å². The van der Waals surface area contributed by atoms with Crippen molar-refractivity contribution < 1.29 is 16.8 Å². The van der Waals surface area contributed by atoms with Crippen molar-refractivity contribution in [2.45, 2.75) is 47.4 Å². The van der Waals surface area contributed by atoms with Crippen LogP contribution in [0.25, 0.3) is 10.6 Å². The summed E-state index contributed by atoms with van der Waals surface area (Å²) in [6.07, 6.45) is 7.45. The molecular weight excluding hydrogens is 478 g/mol. The molecule has 1 saturated carbocycles. The molecule has 2 aromatic carbocycles. The number of hydrogen-bond donors (Lipinski definition) is 0. The molecule has 3 aromatic rings. The number of sulfone groups is 2. The first-order valence-electron chi connectivity index (χ1n) is 10.7. The topological polar surface area (TPSA) is 98.5 Å². The van der Waals surface area contributed by atoms with Crippen molar-refractivity contribution in [2.24, 2.45) is 12.0 Å². The third-order valence-corrected chi connectivity index (χ3v) is 9.35. The lowest BCUT2D eigenvalue weighted by atomic mass is 9.77. The van der Waals surface area contributed by atoms with Crippen LogP contribution in [-0.2, 0) is 32.3 Å². The molecule has 0 bridgehead atoms. The monoisotopic (exact) mass is 505 g/mol. The highest BCUT2D eigenvalue weighted by Crippen LogP contribution is 2.41. The first kappa shape index (κ1) is 23.8. The Hall–Kier alpha value is -2.30. The lowest BCUT2D eigenvalue weighted by Gasteiger charge is -2.34. The van der Waals surface area contributed by atoms with E-state index in [1.807, 2.05) is 19.2 Å². The molecule has 0 atom stereocenters. The van der Waals surface area contributed by atoms with Gasteiger partial charge in [-0.3, -0.25) is 0 Å². The van der Waals surface area contributed by atoms with Gasteiger partial charge in [0.15, 0.2) is 19.7 Å². The Morgan fingerprint density at radius 2 is 1.36 bits per heavy atom. The molecule has 10 heteroatoms. The first-order valence-corrected chi connectivity index (χ1v) is 15.3. The van der Waals surface area contributed by atoms with Gasteiger partial charge in [0.25, 0.3) is 0 Å². The van der Waals surface area contributed by atoms with Crippen molar-refractivity contribution >= 4 is 31.0 Å². The highest BCUT2D eigenvalue weighted by atomic mass is 32.2. The van der Waals surface area contributed by atoms with Crippen molar-refractivity contribution in [1.82, 2.24) is 9.78 Å². The second-order valence-corrected chi connectivity index (χ2v) is 13.6. The van der Waals surface area contributed by atoms with Crippen molar-refractivity contribution in [2.75, 3.05) is 12.5 Å². The molecule has 0 amide bonds. The summed E-state index contributed by atoms with van der Waals surface area (Å²) < 4.78 is 49.0. The molecule has 33 heavy (non-hydrogen) atoms. The average molecular weight is 506 g/mol. The molecule has 0 N–H and O–H groups in total. The standard InChI is InChI=1S/C23H27N3O4S3/c1-26-22(31-21(25-26)17-7-11-19(12-8-17)32(2,27)28)24-23(15-5-4-6-16-23)18-9-13-20(14-10-18)33(3,29)30/h7-14H,4-6,15-16H2,1-3H3. The van der Waals surface area contributed by atoms with E-state index < -0.39 is 25.2 Å². The summed E-state index contributed by atoms with van der Waals surface area (Å²) in [6.45, 7) is 0. The van der Waals surface area contributed by atoms with Crippen LogP contribution in [0, 0.1) is 0 Å². The summed E-state index contributed by atoms with van der Waals surface area (Å²) in [5, 5.41) is 5.38. The highest BCUT2D eigenvalue weighted by Gasteiger charge is 2.34. The van der Waals surface area contributed by atoms with Crippen LogP contribution < -0.4 is 4.80 Å². The fourth-order valence-corrected chi connectivity index (χ4v) is 6.45. The van der Waals surface area contributed by atoms with Crippen LogP contribution in [0.3, 0.4) is 0 Å². The van der Waals surface area contributed by atoms with Crippen molar-refractivity contribution in [3.05, 3.63) is 58.9 Å². The van der Waals surface area contributed by atoms with E-state index in [1.54, 1.807) is 41.1 Å². The van der Waals surface area contributed by atoms with Gasteiger partial charge in [-0.05, 0) is 42.7 Å². The maximum Gasteiger partial charge on any atom is 0.204 e. The molecule has 0 saturated heterocycles. The van der Waals surface area contributed by atoms with E-state index in [0.29, 0.717) is 4.90 Å². The second-order valence-electron chi connectivity index (χ2n) is 8.61. The number of benzene rings is 2. The van der Waals surface area contributed by atoms with Gasteiger partial charge >= 0.3 is 0 Å². The normalized spacial score (nSPS) is 17.2. The summed E-state index contributed by atoms with van der Waals surface area (Å²) in [7, 11) is -4.66. The molecule has 7 nitrogen and oxygen atoms in total. The zero-order chi connectivity index (χ0) is 23.9. The number of aromatic nitrogens is 2. The van der Waals surface area contributed by atoms with Crippen LogP contribution in [-0.4, -0.2) is 39.1 Å². The minimum atomic E-state index is -3.26. The summed E-state index contributed by atoms with van der Waals surface area (Å²) in [6, 6.07) is 13.8. The number of aryl methyl sites for hydroxylation is 1. The van der Waals surface area contributed by atoms with Crippen molar-refractivity contribution in [3.8, 4) is 10.6 Å². The Kier molecular flexibility index (Phi) is 6.36. The lowest BCUT2D eigenvalue weighted by Crippen LogP contribution is -2.30. The van der Waals surface area contributed by atoms with Gasteiger partial charge in [-0.25, -0.2) is 26.5 Å². The van der Waals surface area contributed by atoms with Crippen LogP contribution in [0.1, 0.15) is 37.7 Å². The molecule has 0 spiro atoms. The lowest BCUT2D eigenvalue weighted by molar-refractivity contribution is 0.296. The molecule has 1 aliphatic rings. The average Bonchev–Trinajstić information content (AvgIpc) is 3.13. The fraction of sp³-hybridized carbons (Fsp3) is 0.391. The predicted molar refractivity (Wildman–Crippen MR) is 130 cm³/mol. The molecule has 0 aliphatic heterocycles. The summed E-state index contributed by atoms with van der Waals surface area (Å²) in [5.74, 6) is 0. The Bertz CT molecular complexity index is 1430. The quantitative estimate of drug-likeness (QED) is 0.526. The van der Waals surface area contributed by atoms with E-state index >= 15 is 0 Å². The smallest absolute Gasteiger partial charge is 0.204 e. The van der Waals surface area contributed by atoms with Crippen LogP contribution in [0.5, 0.6) is 0 Å². The van der Waals surface area contributed by atoms with Gasteiger partial charge in [0.05, 0.1) is 15.3 Å². The van der Waals surface area contributed by atoms with Gasteiger partial charge in [0, 0.05) is 25.1 Å². The van der Waals surface area contributed by atoms with E-state index in [0.717, 1.165) is 53.0 Å². The Balaban J connectivity index is 1.76. The first-order chi connectivity index (χ1) is 15.5. The van der Waals surface area contributed by atoms with E-state index in [-0.39, 0.29) is 4.90 Å². The van der Waals surface area contributed by atoms with Gasteiger partial charge in [0.1, 0.15) is 5.01 Å². The number of hydrogen-bond acceptors (Lipinski definition) is 7. The molecule has 1 heterocycles. The summed E-state index contributed by atoms with van der Waals surface area (Å²) >= 11 is 1.46. The van der Waals surface area contributed by atoms with Crippen LogP contribution in [0.4, 0.5) is 0 Å². The maximum absolute atomic E-state index is 11.9. The largest absolute Gasteiger partial charge is 0.246 e. The number of nitrogens with zero attached hydrogens (tertiary/aromatic N) is 3. The van der Waals surface area contributed by atoms with Gasteiger partial charge in [0.2, 0.25) is 4.80 Å². The summed E-state index contributed by atoms with van der Waals surface area (Å²) in [4.78, 5) is 6.54. The molecule has 4 rings (SSSR count). The van der Waals surface area contributed by atoms with E-state index in [9.17, 15) is 16.8 Å². The van der Waals surface area contributed by atoms with Gasteiger partial charge in [-0.2, -0.15) is 5.10 Å². The van der Waals surface area contributed by atoms with Gasteiger partial charge < -0.3 is 0 Å². The third-order valence-electron chi connectivity index (χ3n) is 6.05. The molecule has 1 fully saturated rings. The van der Waals surface area contributed by atoms with Crippen LogP contribution in [0.15, 0.2) is 63.3 Å². The fourth-order valence-electron chi connectivity index (χ4n) is 4.21. The molecule has 0 radical (unpaired) electrons. The minimum absolute atomic E-state index is 0.274. The van der Waals surface area contributed by atoms with E-state index in [1.165, 1.54) is 23.8 Å². The van der Waals surface area contributed by atoms with Crippen LogP contribution >= 0.6 is 11.3 Å². The maximum atomic E-state index is 11.9. The Morgan fingerprint density at radius 3 is 1.88 bits per heavy atom. The SMILES string of the molecule is Cn1nc(-c2ccc(S(C)(=O)=O)cc2)sc1=NC1(c2ccc(S(C)(=O)=O)cc2)CCCCC1. The predicted octanol–water partition coefficient (Wildman–Crippen LogP) is 3.72. The zero-order valence-corrected chi connectivity index (χ0v) is 21.3. The number of rotatable bonds is 5. The van der Waals surface area contributed by atoms with E-state index in [2.05, 4.69) is 5.10 Å². The Morgan fingerprint density at radius 1 is 0.848 bits per heavy atom.